The lowest BCUT2D eigenvalue weighted by Gasteiger charge is -2.19. The summed E-state index contributed by atoms with van der Waals surface area (Å²) in [6, 6.07) is 0.477. The van der Waals surface area contributed by atoms with Gasteiger partial charge in [0.1, 0.15) is 0 Å². The molecule has 3 heteroatoms. The van der Waals surface area contributed by atoms with Crippen LogP contribution >= 0.6 is 0 Å². The Balaban J connectivity index is 3.51. The standard InChI is InChI=1S/C10H24N2O/c1-9(2)13-8-10(11-3)6-7-12(4)5/h9-11H,6-8H2,1-5H3. The fraction of sp³-hybridized carbons (Fsp3) is 1.00. The fourth-order valence-corrected chi connectivity index (χ4v) is 1.03. The molecule has 0 heterocycles. The zero-order chi connectivity index (χ0) is 10.3. The maximum atomic E-state index is 5.55. The second-order valence-electron chi connectivity index (χ2n) is 3.96. The van der Waals surface area contributed by atoms with Crippen LogP contribution in [-0.2, 0) is 4.74 Å². The van der Waals surface area contributed by atoms with Gasteiger partial charge >= 0.3 is 0 Å². The molecule has 0 spiro atoms. The molecule has 13 heavy (non-hydrogen) atoms. The first-order chi connectivity index (χ1) is 6.06. The first-order valence-electron chi connectivity index (χ1n) is 4.99. The van der Waals surface area contributed by atoms with Crippen molar-refractivity contribution in [2.24, 2.45) is 0 Å². The van der Waals surface area contributed by atoms with Gasteiger partial charge in [-0.3, -0.25) is 0 Å². The highest BCUT2D eigenvalue weighted by Gasteiger charge is 2.07. The minimum atomic E-state index is 0.329. The summed E-state index contributed by atoms with van der Waals surface area (Å²) >= 11 is 0. The molecule has 0 aliphatic rings. The molecule has 0 aromatic carbocycles. The maximum Gasteiger partial charge on any atom is 0.0623 e. The molecular weight excluding hydrogens is 164 g/mol. The van der Waals surface area contributed by atoms with Gasteiger partial charge in [0.25, 0.3) is 0 Å². The van der Waals surface area contributed by atoms with Crippen molar-refractivity contribution in [2.75, 3.05) is 34.3 Å². The second kappa shape index (κ2) is 7.30. The van der Waals surface area contributed by atoms with Crippen molar-refractivity contribution in [1.29, 1.82) is 0 Å². The van der Waals surface area contributed by atoms with Crippen LogP contribution in [0, 0.1) is 0 Å². The lowest BCUT2D eigenvalue weighted by atomic mass is 10.2. The number of nitrogens with zero attached hydrogens (tertiary/aromatic N) is 1. The number of likely N-dealkylation sites (N-methyl/N-ethyl adjacent to an activating group) is 1. The van der Waals surface area contributed by atoms with Crippen LogP contribution in [0.5, 0.6) is 0 Å². The summed E-state index contributed by atoms with van der Waals surface area (Å²) < 4.78 is 5.55. The zero-order valence-corrected chi connectivity index (χ0v) is 9.63. The molecule has 0 aromatic rings. The van der Waals surface area contributed by atoms with Crippen molar-refractivity contribution in [3.63, 3.8) is 0 Å². The van der Waals surface area contributed by atoms with Crippen LogP contribution in [-0.4, -0.2) is 51.3 Å². The molecule has 1 unspecified atom stereocenters. The first kappa shape index (κ1) is 12.9. The summed E-state index contributed by atoms with van der Waals surface area (Å²) in [5.41, 5.74) is 0. The molecule has 0 aromatic heterocycles. The van der Waals surface area contributed by atoms with Crippen molar-refractivity contribution >= 4 is 0 Å². The quantitative estimate of drug-likeness (QED) is 0.644. The molecule has 1 N–H and O–H groups in total. The van der Waals surface area contributed by atoms with E-state index in [4.69, 9.17) is 4.74 Å². The Morgan fingerprint density at radius 3 is 2.31 bits per heavy atom. The van der Waals surface area contributed by atoms with E-state index in [9.17, 15) is 0 Å². The Hall–Kier alpha value is -0.120. The maximum absolute atomic E-state index is 5.55. The van der Waals surface area contributed by atoms with Crippen LogP contribution < -0.4 is 5.32 Å². The third-order valence-electron chi connectivity index (χ3n) is 1.96. The smallest absolute Gasteiger partial charge is 0.0623 e. The summed E-state index contributed by atoms with van der Waals surface area (Å²) in [5.74, 6) is 0. The number of hydrogen-bond acceptors (Lipinski definition) is 3. The molecule has 3 nitrogen and oxygen atoms in total. The van der Waals surface area contributed by atoms with Crippen molar-refractivity contribution in [3.8, 4) is 0 Å². The Bertz CT molecular complexity index is 103. The minimum Gasteiger partial charge on any atom is -0.377 e. The Labute approximate surface area is 82.4 Å². The van der Waals surface area contributed by atoms with Gasteiger partial charge in [-0.05, 0) is 48.0 Å². The monoisotopic (exact) mass is 188 g/mol. The van der Waals surface area contributed by atoms with Gasteiger partial charge in [0, 0.05) is 6.04 Å². The molecular formula is C10H24N2O. The van der Waals surface area contributed by atoms with Gasteiger partial charge in [0.05, 0.1) is 12.7 Å². The third kappa shape index (κ3) is 8.22. The number of hydrogen-bond donors (Lipinski definition) is 1. The van der Waals surface area contributed by atoms with Crippen molar-refractivity contribution in [2.45, 2.75) is 32.4 Å². The van der Waals surface area contributed by atoms with E-state index >= 15 is 0 Å². The van der Waals surface area contributed by atoms with E-state index in [-0.39, 0.29) is 0 Å². The topological polar surface area (TPSA) is 24.5 Å². The number of rotatable bonds is 7. The number of ether oxygens (including phenoxy) is 1. The molecule has 0 aliphatic carbocycles. The molecule has 0 saturated heterocycles. The first-order valence-corrected chi connectivity index (χ1v) is 4.99. The Kier molecular flexibility index (Phi) is 7.23. The van der Waals surface area contributed by atoms with E-state index in [2.05, 4.69) is 38.2 Å². The van der Waals surface area contributed by atoms with E-state index < -0.39 is 0 Å². The Morgan fingerprint density at radius 2 is 1.92 bits per heavy atom. The highest BCUT2D eigenvalue weighted by atomic mass is 16.5. The van der Waals surface area contributed by atoms with Gasteiger partial charge in [0.2, 0.25) is 0 Å². The van der Waals surface area contributed by atoms with Gasteiger partial charge in [-0.1, -0.05) is 0 Å². The second-order valence-corrected chi connectivity index (χ2v) is 3.96. The van der Waals surface area contributed by atoms with Crippen LogP contribution in [0.3, 0.4) is 0 Å². The third-order valence-corrected chi connectivity index (χ3v) is 1.96. The highest BCUT2D eigenvalue weighted by molar-refractivity contribution is 4.65. The molecule has 0 saturated carbocycles. The van der Waals surface area contributed by atoms with E-state index in [1.54, 1.807) is 0 Å². The lowest BCUT2D eigenvalue weighted by molar-refractivity contribution is 0.0597. The predicted molar refractivity (Wildman–Crippen MR) is 57.1 cm³/mol. The van der Waals surface area contributed by atoms with Crippen molar-refractivity contribution < 1.29 is 4.74 Å². The summed E-state index contributed by atoms with van der Waals surface area (Å²) in [4.78, 5) is 2.19. The molecule has 0 radical (unpaired) electrons. The summed E-state index contributed by atoms with van der Waals surface area (Å²) in [6.07, 6.45) is 1.46. The molecule has 0 bridgehead atoms. The summed E-state index contributed by atoms with van der Waals surface area (Å²) in [7, 11) is 6.18. The molecule has 0 rings (SSSR count). The van der Waals surface area contributed by atoms with Crippen LogP contribution in [0.1, 0.15) is 20.3 Å². The van der Waals surface area contributed by atoms with Gasteiger partial charge in [-0.25, -0.2) is 0 Å². The van der Waals surface area contributed by atoms with Crippen LogP contribution in [0.2, 0.25) is 0 Å². The molecule has 0 amide bonds. The zero-order valence-electron chi connectivity index (χ0n) is 9.63. The van der Waals surface area contributed by atoms with E-state index in [0.717, 1.165) is 19.6 Å². The lowest BCUT2D eigenvalue weighted by Crippen LogP contribution is -2.34. The van der Waals surface area contributed by atoms with Crippen LogP contribution in [0.15, 0.2) is 0 Å². The van der Waals surface area contributed by atoms with E-state index in [1.165, 1.54) is 0 Å². The fourth-order valence-electron chi connectivity index (χ4n) is 1.03. The molecule has 0 aliphatic heterocycles. The van der Waals surface area contributed by atoms with Gasteiger partial charge < -0.3 is 15.0 Å². The minimum absolute atomic E-state index is 0.329. The van der Waals surface area contributed by atoms with Gasteiger partial charge in [0.15, 0.2) is 0 Å². The normalized spacial score (nSPS) is 14.1. The molecule has 1 atom stereocenters. The van der Waals surface area contributed by atoms with Crippen LogP contribution in [0.4, 0.5) is 0 Å². The van der Waals surface area contributed by atoms with Crippen molar-refractivity contribution in [3.05, 3.63) is 0 Å². The molecule has 80 valence electrons. The predicted octanol–water partition coefficient (Wildman–Crippen LogP) is 0.951. The Morgan fingerprint density at radius 1 is 1.31 bits per heavy atom. The van der Waals surface area contributed by atoms with Gasteiger partial charge in [-0.15, -0.1) is 0 Å². The highest BCUT2D eigenvalue weighted by Crippen LogP contribution is 1.97. The molecule has 0 fully saturated rings. The summed E-state index contributed by atoms with van der Waals surface area (Å²) in [5, 5.41) is 3.26. The SMILES string of the molecule is CNC(CCN(C)C)COC(C)C. The number of nitrogens with one attached hydrogen (secondary N) is 1. The summed E-state index contributed by atoms with van der Waals surface area (Å²) in [6.45, 7) is 6.05. The van der Waals surface area contributed by atoms with E-state index in [0.29, 0.717) is 12.1 Å². The largest absolute Gasteiger partial charge is 0.377 e. The van der Waals surface area contributed by atoms with Gasteiger partial charge in [-0.2, -0.15) is 0 Å². The van der Waals surface area contributed by atoms with Crippen LogP contribution in [0.25, 0.3) is 0 Å². The average Bonchev–Trinajstić information content (AvgIpc) is 2.04. The van der Waals surface area contributed by atoms with E-state index in [1.807, 2.05) is 7.05 Å². The van der Waals surface area contributed by atoms with Crippen molar-refractivity contribution in [1.82, 2.24) is 10.2 Å². The average molecular weight is 188 g/mol.